The average Bonchev–Trinajstić information content (AvgIpc) is 3.09. The number of amides is 1. The minimum absolute atomic E-state index is 0.183. The van der Waals surface area contributed by atoms with Crippen LogP contribution in [0.3, 0.4) is 0 Å². The van der Waals surface area contributed by atoms with E-state index in [1.54, 1.807) is 30.3 Å². The molecule has 0 spiro atoms. The molecule has 0 radical (unpaired) electrons. The van der Waals surface area contributed by atoms with Gasteiger partial charge in [-0.05, 0) is 41.5 Å². The molecule has 9 heteroatoms. The van der Waals surface area contributed by atoms with E-state index in [1.807, 2.05) is 0 Å². The molecule has 1 aliphatic rings. The summed E-state index contributed by atoms with van der Waals surface area (Å²) in [5.74, 6) is -2.07. The van der Waals surface area contributed by atoms with E-state index < -0.39 is 35.2 Å². The predicted octanol–water partition coefficient (Wildman–Crippen LogP) is 5.99. The monoisotopic (exact) mass is 501 g/mol. The average molecular weight is 502 g/mol. The summed E-state index contributed by atoms with van der Waals surface area (Å²) in [6, 6.07) is 16.4. The number of hydrogen-bond acceptors (Lipinski definition) is 4. The van der Waals surface area contributed by atoms with Crippen molar-refractivity contribution in [1.82, 2.24) is 4.90 Å². The zero-order valence-electron chi connectivity index (χ0n) is 18.3. The Hall–Kier alpha value is -3.78. The SMILES string of the molecule is COc1cc(/C(O)=C2\C(=O)C(=O)N(Cc3cccc(C(F)(F)F)c3)C2c2ccccc2)ccc1Cl. The molecule has 5 nitrogen and oxygen atoms in total. The first-order chi connectivity index (χ1) is 16.6. The van der Waals surface area contributed by atoms with Gasteiger partial charge in [-0.2, -0.15) is 13.2 Å². The highest BCUT2D eigenvalue weighted by atomic mass is 35.5. The first-order valence-corrected chi connectivity index (χ1v) is 10.8. The number of aliphatic hydroxyl groups is 1. The van der Waals surface area contributed by atoms with Gasteiger partial charge in [0.05, 0.1) is 29.3 Å². The van der Waals surface area contributed by atoms with Gasteiger partial charge in [0.2, 0.25) is 0 Å². The van der Waals surface area contributed by atoms with Crippen molar-refractivity contribution in [2.24, 2.45) is 0 Å². The molecule has 35 heavy (non-hydrogen) atoms. The summed E-state index contributed by atoms with van der Waals surface area (Å²) < 4.78 is 44.8. The van der Waals surface area contributed by atoms with E-state index in [1.165, 1.54) is 37.4 Å². The molecule has 4 rings (SSSR count). The lowest BCUT2D eigenvalue weighted by Crippen LogP contribution is -2.29. The lowest BCUT2D eigenvalue weighted by atomic mass is 9.95. The minimum atomic E-state index is -4.56. The quantitative estimate of drug-likeness (QED) is 0.265. The topological polar surface area (TPSA) is 66.8 Å². The van der Waals surface area contributed by atoms with Gasteiger partial charge in [0, 0.05) is 12.1 Å². The maximum absolute atomic E-state index is 13.2. The molecular weight excluding hydrogens is 483 g/mol. The maximum atomic E-state index is 13.2. The van der Waals surface area contributed by atoms with Gasteiger partial charge in [-0.1, -0.05) is 54.1 Å². The summed E-state index contributed by atoms with van der Waals surface area (Å²) in [5.41, 5.74) is -0.144. The van der Waals surface area contributed by atoms with E-state index in [-0.39, 0.29) is 34.0 Å². The molecule has 1 saturated heterocycles. The lowest BCUT2D eigenvalue weighted by Gasteiger charge is -2.25. The fraction of sp³-hybridized carbons (Fsp3) is 0.154. The third-order valence-corrected chi connectivity index (χ3v) is 6.00. The van der Waals surface area contributed by atoms with E-state index in [0.717, 1.165) is 17.0 Å². The minimum Gasteiger partial charge on any atom is -0.507 e. The molecule has 1 aliphatic heterocycles. The molecular formula is C26H19ClF3NO4. The summed E-state index contributed by atoms with van der Waals surface area (Å²) in [5, 5.41) is 11.4. The maximum Gasteiger partial charge on any atom is 0.416 e. The van der Waals surface area contributed by atoms with Gasteiger partial charge in [-0.3, -0.25) is 9.59 Å². The predicted molar refractivity (Wildman–Crippen MR) is 124 cm³/mol. The largest absolute Gasteiger partial charge is 0.507 e. The molecule has 3 aromatic carbocycles. The fourth-order valence-electron chi connectivity index (χ4n) is 4.03. The van der Waals surface area contributed by atoms with E-state index in [2.05, 4.69) is 0 Å². The van der Waals surface area contributed by atoms with E-state index in [4.69, 9.17) is 16.3 Å². The van der Waals surface area contributed by atoms with Crippen molar-refractivity contribution >= 4 is 29.1 Å². The third-order valence-electron chi connectivity index (χ3n) is 5.69. The number of methoxy groups -OCH3 is 1. The first-order valence-electron chi connectivity index (χ1n) is 10.4. The molecule has 1 heterocycles. The molecule has 1 fully saturated rings. The van der Waals surface area contributed by atoms with Crippen LogP contribution in [0.25, 0.3) is 5.76 Å². The van der Waals surface area contributed by atoms with Gasteiger partial charge < -0.3 is 14.7 Å². The Bertz CT molecular complexity index is 1320. The van der Waals surface area contributed by atoms with Gasteiger partial charge in [0.25, 0.3) is 11.7 Å². The highest BCUT2D eigenvalue weighted by Crippen LogP contribution is 2.41. The molecule has 1 N–H and O–H groups in total. The van der Waals surface area contributed by atoms with Crippen LogP contribution in [0.4, 0.5) is 13.2 Å². The zero-order valence-corrected chi connectivity index (χ0v) is 19.1. The summed E-state index contributed by atoms with van der Waals surface area (Å²) in [6.07, 6.45) is -4.56. The van der Waals surface area contributed by atoms with Crippen LogP contribution in [0.1, 0.15) is 28.3 Å². The summed E-state index contributed by atoms with van der Waals surface area (Å²) in [4.78, 5) is 27.3. The van der Waals surface area contributed by atoms with Crippen molar-refractivity contribution in [1.29, 1.82) is 0 Å². The Morgan fingerprint density at radius 3 is 2.40 bits per heavy atom. The number of halogens is 4. The van der Waals surface area contributed by atoms with Gasteiger partial charge in [-0.25, -0.2) is 0 Å². The van der Waals surface area contributed by atoms with Crippen LogP contribution in [0, 0.1) is 0 Å². The van der Waals surface area contributed by atoms with Gasteiger partial charge in [0.1, 0.15) is 11.5 Å². The number of rotatable bonds is 5. The summed E-state index contributed by atoms with van der Waals surface area (Å²) >= 11 is 6.06. The third kappa shape index (κ3) is 4.74. The molecule has 1 atom stereocenters. The van der Waals surface area contributed by atoms with Crippen molar-refractivity contribution in [3.63, 3.8) is 0 Å². The Morgan fingerprint density at radius 1 is 1.03 bits per heavy atom. The van der Waals surface area contributed by atoms with Crippen molar-refractivity contribution in [2.45, 2.75) is 18.8 Å². The zero-order chi connectivity index (χ0) is 25.3. The molecule has 0 aliphatic carbocycles. The highest BCUT2D eigenvalue weighted by molar-refractivity contribution is 6.46. The number of carbonyl (C=O) groups excluding carboxylic acids is 2. The number of alkyl halides is 3. The second kappa shape index (κ2) is 9.46. The van der Waals surface area contributed by atoms with Crippen LogP contribution in [0.15, 0.2) is 78.4 Å². The molecule has 1 unspecified atom stereocenters. The number of ketones is 1. The molecule has 180 valence electrons. The standard InChI is InChI=1S/C26H19ClF3NO4/c1-35-20-13-17(10-11-19(20)27)23(32)21-22(16-7-3-2-4-8-16)31(25(34)24(21)33)14-15-6-5-9-18(12-15)26(28,29)30/h2-13,22,32H,14H2,1H3/b23-21+. The van der Waals surface area contributed by atoms with E-state index >= 15 is 0 Å². The van der Waals surface area contributed by atoms with Crippen molar-refractivity contribution in [3.8, 4) is 5.75 Å². The molecule has 1 amide bonds. The van der Waals surface area contributed by atoms with Crippen molar-refractivity contribution < 1.29 is 32.6 Å². The fourth-order valence-corrected chi connectivity index (χ4v) is 4.22. The Kier molecular flexibility index (Phi) is 6.58. The number of carbonyl (C=O) groups is 2. The Labute approximate surface area is 204 Å². The Morgan fingerprint density at radius 2 is 1.74 bits per heavy atom. The van der Waals surface area contributed by atoms with Crippen LogP contribution in [0.5, 0.6) is 5.75 Å². The van der Waals surface area contributed by atoms with Crippen LogP contribution in [-0.2, 0) is 22.3 Å². The first kappa shape index (κ1) is 24.3. The molecule has 3 aromatic rings. The van der Waals surface area contributed by atoms with Gasteiger partial charge >= 0.3 is 6.18 Å². The van der Waals surface area contributed by atoms with Crippen LogP contribution >= 0.6 is 11.6 Å². The normalized spacial score (nSPS) is 17.6. The summed E-state index contributed by atoms with van der Waals surface area (Å²) in [7, 11) is 1.39. The number of nitrogens with zero attached hydrogens (tertiary/aromatic N) is 1. The highest BCUT2D eigenvalue weighted by Gasteiger charge is 2.46. The van der Waals surface area contributed by atoms with Gasteiger partial charge in [0.15, 0.2) is 0 Å². The molecule has 0 saturated carbocycles. The second-order valence-corrected chi connectivity index (χ2v) is 8.29. The number of likely N-dealkylation sites (tertiary alicyclic amines) is 1. The van der Waals surface area contributed by atoms with Gasteiger partial charge in [-0.15, -0.1) is 0 Å². The summed E-state index contributed by atoms with van der Waals surface area (Å²) in [6.45, 7) is -0.269. The number of Topliss-reactive ketones (excluding diaryl/α,β-unsaturated/α-hetero) is 1. The second-order valence-electron chi connectivity index (χ2n) is 7.89. The van der Waals surface area contributed by atoms with Crippen molar-refractivity contribution in [3.05, 3.63) is 106 Å². The smallest absolute Gasteiger partial charge is 0.416 e. The van der Waals surface area contributed by atoms with Crippen molar-refractivity contribution in [2.75, 3.05) is 7.11 Å². The van der Waals surface area contributed by atoms with Crippen LogP contribution in [0.2, 0.25) is 5.02 Å². The Balaban J connectivity index is 1.84. The molecule has 0 bridgehead atoms. The number of benzene rings is 3. The number of hydrogen-bond donors (Lipinski definition) is 1. The lowest BCUT2D eigenvalue weighted by molar-refractivity contribution is -0.140. The van der Waals surface area contributed by atoms with Crippen LogP contribution < -0.4 is 4.74 Å². The number of ether oxygens (including phenoxy) is 1. The molecule has 0 aromatic heterocycles. The number of aliphatic hydroxyl groups excluding tert-OH is 1. The van der Waals surface area contributed by atoms with E-state index in [0.29, 0.717) is 5.56 Å². The van der Waals surface area contributed by atoms with Crippen LogP contribution in [-0.4, -0.2) is 28.8 Å². The van der Waals surface area contributed by atoms with E-state index in [9.17, 15) is 27.9 Å².